The number of likely N-dealkylation sites (tertiary alicyclic amines) is 1. The number of hydrogen-bond acceptors (Lipinski definition) is 7. The first-order chi connectivity index (χ1) is 14.6. The molecule has 4 atom stereocenters. The number of nitrogens with two attached hydrogens (primary N) is 1. The minimum atomic E-state index is -1.15. The van der Waals surface area contributed by atoms with Crippen molar-refractivity contribution in [3.8, 4) is 11.5 Å². The van der Waals surface area contributed by atoms with Crippen LogP contribution in [-0.4, -0.2) is 58.1 Å². The Morgan fingerprint density at radius 3 is 2.84 bits per heavy atom. The lowest BCUT2D eigenvalue weighted by Crippen LogP contribution is -2.76. The van der Waals surface area contributed by atoms with Gasteiger partial charge in [-0.05, 0) is 70.0 Å². The van der Waals surface area contributed by atoms with E-state index < -0.39 is 28.6 Å². The van der Waals surface area contributed by atoms with Gasteiger partial charge in [-0.3, -0.25) is 9.69 Å². The van der Waals surface area contributed by atoms with E-state index in [-0.39, 0.29) is 11.8 Å². The van der Waals surface area contributed by atoms with E-state index in [0.29, 0.717) is 37.2 Å². The Balaban J connectivity index is 1.49. The minimum Gasteiger partial charge on any atom is -0.477 e. The number of rotatable bonds is 4. The van der Waals surface area contributed by atoms with Crippen molar-refractivity contribution in [1.82, 2.24) is 4.90 Å². The van der Waals surface area contributed by atoms with E-state index in [1.165, 1.54) is 12.8 Å². The number of esters is 1. The van der Waals surface area contributed by atoms with Gasteiger partial charge in [0.05, 0.1) is 11.0 Å². The van der Waals surface area contributed by atoms with E-state index in [1.54, 1.807) is 19.9 Å². The van der Waals surface area contributed by atoms with Crippen LogP contribution in [0.4, 0.5) is 0 Å². The predicted molar refractivity (Wildman–Crippen MR) is 112 cm³/mol. The summed E-state index contributed by atoms with van der Waals surface area (Å²) in [7, 11) is 0. The van der Waals surface area contributed by atoms with Crippen LogP contribution < -0.4 is 15.2 Å². The number of nitrogens with zero attached hydrogens (tertiary/aromatic N) is 1. The molecule has 7 heteroatoms. The Labute approximate surface area is 181 Å². The SMILES string of the molecule is CC(C)(N)C(=O)Oc1ccc2c3c1O[C@@H]1C(=O)CC[C@]4(O)[C@H](C2)N(CC2CC2)CC[C@@]314. The molecule has 2 bridgehead atoms. The van der Waals surface area contributed by atoms with Gasteiger partial charge >= 0.3 is 5.97 Å². The van der Waals surface area contributed by atoms with Crippen LogP contribution in [0.1, 0.15) is 57.1 Å². The van der Waals surface area contributed by atoms with Crippen LogP contribution in [-0.2, 0) is 21.4 Å². The fraction of sp³-hybridized carbons (Fsp3) is 0.667. The van der Waals surface area contributed by atoms with Crippen molar-refractivity contribution in [2.45, 2.75) is 81.1 Å². The molecule has 1 aromatic carbocycles. The Morgan fingerprint density at radius 2 is 2.13 bits per heavy atom. The molecule has 6 rings (SSSR count). The van der Waals surface area contributed by atoms with Gasteiger partial charge < -0.3 is 20.3 Å². The summed E-state index contributed by atoms with van der Waals surface area (Å²) < 4.78 is 11.9. The van der Waals surface area contributed by atoms with Crippen molar-refractivity contribution in [3.63, 3.8) is 0 Å². The Bertz CT molecular complexity index is 996. The summed E-state index contributed by atoms with van der Waals surface area (Å²) in [5, 5.41) is 12.2. The summed E-state index contributed by atoms with van der Waals surface area (Å²) in [5.74, 6) is 0.938. The molecule has 3 fully saturated rings. The highest BCUT2D eigenvalue weighted by atomic mass is 16.6. The highest BCUT2D eigenvalue weighted by molar-refractivity contribution is 5.90. The van der Waals surface area contributed by atoms with Crippen LogP contribution >= 0.6 is 0 Å². The molecule has 0 unspecified atom stereocenters. The number of aliphatic hydroxyl groups is 1. The second-order valence-corrected chi connectivity index (χ2v) is 10.8. The minimum absolute atomic E-state index is 0.0177. The van der Waals surface area contributed by atoms with Gasteiger partial charge in [0.25, 0.3) is 0 Å². The molecule has 2 aliphatic heterocycles. The van der Waals surface area contributed by atoms with Crippen molar-refractivity contribution < 1.29 is 24.2 Å². The third-order valence-corrected chi connectivity index (χ3v) is 8.27. The molecule has 5 aliphatic rings. The zero-order chi connectivity index (χ0) is 21.8. The van der Waals surface area contributed by atoms with Crippen LogP contribution in [0.15, 0.2) is 12.1 Å². The number of Topliss-reactive ketones (excluding diaryl/α,β-unsaturated/α-hetero) is 1. The van der Waals surface area contributed by atoms with Crippen LogP contribution in [0.25, 0.3) is 0 Å². The molecule has 166 valence electrons. The maximum atomic E-state index is 13.0. The third kappa shape index (κ3) is 2.51. The second kappa shape index (κ2) is 6.09. The number of ether oxygens (including phenoxy) is 2. The molecule has 0 amide bonds. The number of hydrogen-bond donors (Lipinski definition) is 2. The molecule has 3 aliphatic carbocycles. The van der Waals surface area contributed by atoms with E-state index in [9.17, 15) is 14.7 Å². The lowest BCUT2D eigenvalue weighted by atomic mass is 9.49. The van der Waals surface area contributed by atoms with Crippen molar-refractivity contribution in [3.05, 3.63) is 23.3 Å². The number of ketones is 1. The van der Waals surface area contributed by atoms with E-state index in [0.717, 1.165) is 30.1 Å². The van der Waals surface area contributed by atoms with Crippen molar-refractivity contribution >= 4 is 11.8 Å². The van der Waals surface area contributed by atoms with Gasteiger partial charge in [0.15, 0.2) is 23.4 Å². The quantitative estimate of drug-likeness (QED) is 0.555. The monoisotopic (exact) mass is 426 g/mol. The molecule has 2 saturated carbocycles. The largest absolute Gasteiger partial charge is 0.477 e. The molecule has 2 heterocycles. The average molecular weight is 427 g/mol. The molecule has 3 N–H and O–H groups in total. The molecule has 0 radical (unpaired) electrons. The van der Waals surface area contributed by atoms with E-state index in [2.05, 4.69) is 4.90 Å². The van der Waals surface area contributed by atoms with Crippen LogP contribution in [0.5, 0.6) is 11.5 Å². The maximum absolute atomic E-state index is 13.0. The first kappa shape index (κ1) is 19.7. The molecular formula is C24H30N2O5. The fourth-order valence-corrected chi connectivity index (χ4v) is 6.56. The zero-order valence-corrected chi connectivity index (χ0v) is 18.1. The Morgan fingerprint density at radius 1 is 1.35 bits per heavy atom. The molecule has 0 aromatic heterocycles. The van der Waals surface area contributed by atoms with Gasteiger partial charge in [-0.2, -0.15) is 0 Å². The third-order valence-electron chi connectivity index (χ3n) is 8.27. The molecule has 1 saturated heterocycles. The number of carbonyl (C=O) groups excluding carboxylic acids is 2. The summed E-state index contributed by atoms with van der Waals surface area (Å²) in [6.07, 6.45) is 3.96. The number of benzene rings is 1. The maximum Gasteiger partial charge on any atom is 0.331 e. The zero-order valence-electron chi connectivity index (χ0n) is 18.1. The summed E-state index contributed by atoms with van der Waals surface area (Å²) in [6, 6.07) is 3.71. The normalized spacial score (nSPS) is 36.1. The van der Waals surface area contributed by atoms with E-state index >= 15 is 0 Å². The number of carbonyl (C=O) groups is 2. The first-order valence-electron chi connectivity index (χ1n) is 11.5. The van der Waals surface area contributed by atoms with Gasteiger partial charge in [-0.1, -0.05) is 6.07 Å². The van der Waals surface area contributed by atoms with Gasteiger partial charge in [0.1, 0.15) is 5.54 Å². The second-order valence-electron chi connectivity index (χ2n) is 10.8. The van der Waals surface area contributed by atoms with Crippen molar-refractivity contribution in [1.29, 1.82) is 0 Å². The topological polar surface area (TPSA) is 102 Å². The van der Waals surface area contributed by atoms with Gasteiger partial charge in [-0.25, -0.2) is 4.79 Å². The predicted octanol–water partition coefficient (Wildman–Crippen LogP) is 1.46. The van der Waals surface area contributed by atoms with Gasteiger partial charge in [0.2, 0.25) is 0 Å². The summed E-state index contributed by atoms with van der Waals surface area (Å²) in [5.41, 5.74) is 4.96. The standard InChI is InChI=1S/C24H30N2O5/c1-22(2,25)21(28)30-16-6-5-14-11-17-24(29)8-7-15(27)20-23(24,18(14)19(16)31-20)9-10-26(17)12-13-3-4-13/h5-6,13,17,20,29H,3-4,7-12,25H2,1-2H3/t17-,20+,23+,24-/m0/s1. The summed E-state index contributed by atoms with van der Waals surface area (Å²) >= 11 is 0. The summed E-state index contributed by atoms with van der Waals surface area (Å²) in [4.78, 5) is 28.0. The highest BCUT2D eigenvalue weighted by Gasteiger charge is 2.73. The number of piperidine rings is 1. The van der Waals surface area contributed by atoms with Crippen molar-refractivity contribution in [2.24, 2.45) is 11.7 Å². The van der Waals surface area contributed by atoms with E-state index in [1.807, 2.05) is 6.07 Å². The van der Waals surface area contributed by atoms with Gasteiger partial charge in [-0.15, -0.1) is 0 Å². The van der Waals surface area contributed by atoms with E-state index in [4.69, 9.17) is 15.2 Å². The lowest BCUT2D eigenvalue weighted by molar-refractivity contribution is -0.188. The fourth-order valence-electron chi connectivity index (χ4n) is 6.56. The van der Waals surface area contributed by atoms with Crippen LogP contribution in [0.2, 0.25) is 0 Å². The van der Waals surface area contributed by atoms with Crippen molar-refractivity contribution in [2.75, 3.05) is 13.1 Å². The molecule has 1 aromatic rings. The molecule has 1 spiro atoms. The first-order valence-corrected chi connectivity index (χ1v) is 11.5. The summed E-state index contributed by atoms with van der Waals surface area (Å²) in [6.45, 7) is 5.05. The van der Waals surface area contributed by atoms with Gasteiger partial charge in [0, 0.05) is 24.6 Å². The lowest BCUT2D eigenvalue weighted by Gasteiger charge is -2.62. The Kier molecular flexibility index (Phi) is 3.87. The molecule has 7 nitrogen and oxygen atoms in total. The van der Waals surface area contributed by atoms with Crippen LogP contribution in [0, 0.1) is 5.92 Å². The smallest absolute Gasteiger partial charge is 0.331 e. The average Bonchev–Trinajstić information content (AvgIpc) is 3.44. The molecule has 31 heavy (non-hydrogen) atoms. The molecular weight excluding hydrogens is 396 g/mol. The van der Waals surface area contributed by atoms with Crippen LogP contribution in [0.3, 0.4) is 0 Å². The Hall–Kier alpha value is -1.96. The highest BCUT2D eigenvalue weighted by Crippen LogP contribution is 2.65.